The van der Waals surface area contributed by atoms with Gasteiger partial charge in [-0.15, -0.1) is 10.2 Å². The Hall–Kier alpha value is -2.33. The third kappa shape index (κ3) is 4.07. The lowest BCUT2D eigenvalue weighted by Crippen LogP contribution is -2.23. The average Bonchev–Trinajstić information content (AvgIpc) is 2.98. The molecule has 0 fully saturated rings. The number of nitrogens with zero attached hydrogens (tertiary/aromatic N) is 4. The van der Waals surface area contributed by atoms with Crippen molar-refractivity contribution in [3.63, 3.8) is 0 Å². The zero-order chi connectivity index (χ0) is 18.9. The van der Waals surface area contributed by atoms with Gasteiger partial charge in [-0.2, -0.15) is 13.2 Å². The Morgan fingerprint density at radius 3 is 2.69 bits per heavy atom. The van der Waals surface area contributed by atoms with E-state index in [-0.39, 0.29) is 16.7 Å². The number of alkyl halides is 3. The van der Waals surface area contributed by atoms with Crippen molar-refractivity contribution < 1.29 is 18.0 Å². The maximum absolute atomic E-state index is 12.9. The summed E-state index contributed by atoms with van der Waals surface area (Å²) < 4.78 is 39.8. The molecule has 3 heterocycles. The van der Waals surface area contributed by atoms with Crippen molar-refractivity contribution in [3.8, 4) is 0 Å². The molecule has 1 unspecified atom stereocenters. The standard InChI is InChI=1S/C15H11ClF3N5OS/c1-8(13(25)21-11-4-3-10(16)6-20-11)26-14-23-22-12-5-2-9(7-24(12)14)15(17,18)19/h2-8H,1H3,(H,20,21,25). The Balaban J connectivity index is 1.77. The second kappa shape index (κ2) is 7.12. The molecule has 136 valence electrons. The molecule has 0 aliphatic rings. The van der Waals surface area contributed by atoms with Crippen LogP contribution in [0.4, 0.5) is 19.0 Å². The van der Waals surface area contributed by atoms with Gasteiger partial charge in [0.25, 0.3) is 0 Å². The Morgan fingerprint density at radius 1 is 1.27 bits per heavy atom. The molecule has 0 bridgehead atoms. The van der Waals surface area contributed by atoms with Gasteiger partial charge >= 0.3 is 6.18 Å². The number of amides is 1. The second-order valence-electron chi connectivity index (χ2n) is 5.24. The minimum atomic E-state index is -4.48. The van der Waals surface area contributed by atoms with E-state index in [9.17, 15) is 18.0 Å². The minimum Gasteiger partial charge on any atom is -0.310 e. The zero-order valence-electron chi connectivity index (χ0n) is 13.2. The van der Waals surface area contributed by atoms with E-state index in [0.29, 0.717) is 10.8 Å². The number of anilines is 1. The summed E-state index contributed by atoms with van der Waals surface area (Å²) in [5.41, 5.74) is -0.568. The summed E-state index contributed by atoms with van der Waals surface area (Å²) in [7, 11) is 0. The van der Waals surface area contributed by atoms with Gasteiger partial charge in [-0.05, 0) is 31.2 Å². The summed E-state index contributed by atoms with van der Waals surface area (Å²) in [6.07, 6.45) is -2.19. The highest BCUT2D eigenvalue weighted by molar-refractivity contribution is 8.00. The normalized spacial score (nSPS) is 13.0. The summed E-state index contributed by atoms with van der Waals surface area (Å²) in [5, 5.41) is 10.2. The molecule has 0 aliphatic heterocycles. The van der Waals surface area contributed by atoms with Gasteiger partial charge in [-0.1, -0.05) is 23.4 Å². The van der Waals surface area contributed by atoms with E-state index < -0.39 is 17.0 Å². The first-order valence-electron chi connectivity index (χ1n) is 7.25. The molecule has 1 amide bonds. The van der Waals surface area contributed by atoms with Crippen LogP contribution in [-0.4, -0.2) is 30.7 Å². The minimum absolute atomic E-state index is 0.179. The first kappa shape index (κ1) is 18.5. The first-order chi connectivity index (χ1) is 12.2. The van der Waals surface area contributed by atoms with Gasteiger partial charge in [0, 0.05) is 12.4 Å². The molecule has 6 nitrogen and oxygen atoms in total. The maximum Gasteiger partial charge on any atom is 0.417 e. The predicted octanol–water partition coefficient (Wildman–Crippen LogP) is 3.92. The van der Waals surface area contributed by atoms with Crippen LogP contribution in [0.5, 0.6) is 0 Å². The average molecular weight is 402 g/mol. The summed E-state index contributed by atoms with van der Waals surface area (Å²) in [6.45, 7) is 1.60. The van der Waals surface area contributed by atoms with Crippen LogP contribution in [0.15, 0.2) is 41.8 Å². The highest BCUT2D eigenvalue weighted by Gasteiger charge is 2.31. The first-order valence-corrected chi connectivity index (χ1v) is 8.51. The molecule has 0 aliphatic carbocycles. The van der Waals surface area contributed by atoms with Gasteiger partial charge in [0.2, 0.25) is 5.91 Å². The Labute approximate surface area is 154 Å². The van der Waals surface area contributed by atoms with Crippen molar-refractivity contribution in [1.29, 1.82) is 0 Å². The fraction of sp³-hybridized carbons (Fsp3) is 0.200. The lowest BCUT2D eigenvalue weighted by atomic mass is 10.3. The molecule has 0 spiro atoms. The predicted molar refractivity (Wildman–Crippen MR) is 91.2 cm³/mol. The third-order valence-electron chi connectivity index (χ3n) is 3.33. The van der Waals surface area contributed by atoms with E-state index in [1.54, 1.807) is 19.1 Å². The summed E-state index contributed by atoms with van der Waals surface area (Å²) in [5.74, 6) is -0.0640. The monoisotopic (exact) mass is 401 g/mol. The molecule has 0 aromatic carbocycles. The van der Waals surface area contributed by atoms with Crippen molar-refractivity contribution in [2.24, 2.45) is 0 Å². The van der Waals surface area contributed by atoms with Crippen molar-refractivity contribution in [3.05, 3.63) is 47.2 Å². The van der Waals surface area contributed by atoms with Crippen LogP contribution in [-0.2, 0) is 11.0 Å². The quantitative estimate of drug-likeness (QED) is 0.671. The van der Waals surface area contributed by atoms with Crippen LogP contribution >= 0.6 is 23.4 Å². The number of nitrogens with one attached hydrogen (secondary N) is 1. The Morgan fingerprint density at radius 2 is 2.04 bits per heavy atom. The number of halogens is 4. The molecule has 3 aromatic heterocycles. The van der Waals surface area contributed by atoms with E-state index in [2.05, 4.69) is 20.5 Å². The molecule has 11 heteroatoms. The zero-order valence-corrected chi connectivity index (χ0v) is 14.7. The maximum atomic E-state index is 12.9. The smallest absolute Gasteiger partial charge is 0.310 e. The molecule has 0 saturated carbocycles. The van der Waals surface area contributed by atoms with Crippen LogP contribution in [0.1, 0.15) is 12.5 Å². The lowest BCUT2D eigenvalue weighted by molar-refractivity contribution is -0.137. The summed E-state index contributed by atoms with van der Waals surface area (Å²) in [6, 6.07) is 5.27. The van der Waals surface area contributed by atoms with Gasteiger partial charge < -0.3 is 5.32 Å². The van der Waals surface area contributed by atoms with Crippen molar-refractivity contribution >= 4 is 40.7 Å². The molecule has 3 rings (SSSR count). The fourth-order valence-electron chi connectivity index (χ4n) is 2.01. The number of fused-ring (bicyclic) bond motifs is 1. The molecule has 0 saturated heterocycles. The van der Waals surface area contributed by atoms with Crippen LogP contribution < -0.4 is 5.32 Å². The SMILES string of the molecule is CC(Sc1nnc2ccc(C(F)(F)F)cn12)C(=O)Nc1ccc(Cl)cn1. The molecule has 1 N–H and O–H groups in total. The van der Waals surface area contributed by atoms with E-state index in [0.717, 1.165) is 24.0 Å². The molecular formula is C15H11ClF3N5OS. The van der Waals surface area contributed by atoms with Crippen LogP contribution in [0, 0.1) is 0 Å². The lowest BCUT2D eigenvalue weighted by Gasteiger charge is -2.11. The van der Waals surface area contributed by atoms with Gasteiger partial charge in [0.1, 0.15) is 5.82 Å². The van der Waals surface area contributed by atoms with Gasteiger partial charge in [-0.3, -0.25) is 9.20 Å². The molecular weight excluding hydrogens is 391 g/mol. The molecule has 26 heavy (non-hydrogen) atoms. The molecule has 0 radical (unpaired) electrons. The Bertz CT molecular complexity index is 945. The largest absolute Gasteiger partial charge is 0.417 e. The van der Waals surface area contributed by atoms with Crippen LogP contribution in [0.3, 0.4) is 0 Å². The molecule has 1 atom stereocenters. The van der Waals surface area contributed by atoms with Crippen LogP contribution in [0.25, 0.3) is 5.65 Å². The van der Waals surface area contributed by atoms with E-state index in [1.165, 1.54) is 16.7 Å². The van der Waals surface area contributed by atoms with E-state index in [4.69, 9.17) is 11.6 Å². The number of hydrogen-bond acceptors (Lipinski definition) is 5. The highest BCUT2D eigenvalue weighted by Crippen LogP contribution is 2.31. The van der Waals surface area contributed by atoms with E-state index in [1.807, 2.05) is 0 Å². The summed E-state index contributed by atoms with van der Waals surface area (Å²) in [4.78, 5) is 16.2. The topological polar surface area (TPSA) is 72.2 Å². The number of thioether (sulfide) groups is 1. The molecule has 3 aromatic rings. The van der Waals surface area contributed by atoms with Gasteiger partial charge in [0.05, 0.1) is 15.8 Å². The van der Waals surface area contributed by atoms with Gasteiger partial charge in [0.15, 0.2) is 10.8 Å². The van der Waals surface area contributed by atoms with E-state index >= 15 is 0 Å². The number of pyridine rings is 2. The van der Waals surface area contributed by atoms with Crippen molar-refractivity contribution in [2.75, 3.05) is 5.32 Å². The summed E-state index contributed by atoms with van der Waals surface area (Å²) >= 11 is 6.71. The second-order valence-corrected chi connectivity index (χ2v) is 6.98. The fourth-order valence-corrected chi connectivity index (χ4v) is 2.95. The highest BCUT2D eigenvalue weighted by atomic mass is 35.5. The van der Waals surface area contributed by atoms with Gasteiger partial charge in [-0.25, -0.2) is 4.98 Å². The van der Waals surface area contributed by atoms with Crippen molar-refractivity contribution in [2.45, 2.75) is 23.5 Å². The number of hydrogen-bond donors (Lipinski definition) is 1. The van der Waals surface area contributed by atoms with Crippen LogP contribution in [0.2, 0.25) is 5.02 Å². The Kier molecular flexibility index (Phi) is 5.05. The number of aromatic nitrogens is 4. The van der Waals surface area contributed by atoms with Crippen molar-refractivity contribution in [1.82, 2.24) is 19.6 Å². The third-order valence-corrected chi connectivity index (χ3v) is 4.61. The number of rotatable bonds is 4. The number of carbonyl (C=O) groups is 1. The number of carbonyl (C=O) groups excluding carboxylic acids is 1.